The zero-order valence-electron chi connectivity index (χ0n) is 14.6. The molecule has 0 spiro atoms. The van der Waals surface area contributed by atoms with Crippen LogP contribution in [-0.2, 0) is 23.2 Å². The molecule has 24 heavy (non-hydrogen) atoms. The fourth-order valence-corrected chi connectivity index (χ4v) is 3.60. The Bertz CT molecular complexity index is 770. The minimum Gasteiger partial charge on any atom is -0.352 e. The van der Waals surface area contributed by atoms with Gasteiger partial charge in [-0.2, -0.15) is 0 Å². The second kappa shape index (κ2) is 6.67. The number of nitrogens with one attached hydrogen (secondary N) is 1. The van der Waals surface area contributed by atoms with Gasteiger partial charge in [0.1, 0.15) is 0 Å². The molecule has 1 N–H and O–H groups in total. The maximum absolute atomic E-state index is 12.5. The molecule has 1 aliphatic rings. The second-order valence-electron chi connectivity index (χ2n) is 6.64. The van der Waals surface area contributed by atoms with Gasteiger partial charge in [-0.3, -0.25) is 9.59 Å². The molecule has 2 amide bonds. The van der Waals surface area contributed by atoms with Crippen LogP contribution in [0, 0.1) is 12.8 Å². The molecule has 0 bridgehead atoms. The summed E-state index contributed by atoms with van der Waals surface area (Å²) in [5.41, 5.74) is 3.56. The SMILES string of the molecule is CC(=O)N1CCC(C(=O)NCc2c(C)n(C)c3ccccc23)CC1. The van der Waals surface area contributed by atoms with Gasteiger partial charge in [-0.15, -0.1) is 0 Å². The van der Waals surface area contributed by atoms with Gasteiger partial charge in [0.15, 0.2) is 0 Å². The molecule has 2 heterocycles. The molecule has 2 aromatic rings. The molecule has 1 aromatic carbocycles. The predicted molar refractivity (Wildman–Crippen MR) is 94.5 cm³/mol. The van der Waals surface area contributed by atoms with Crippen LogP contribution in [0.1, 0.15) is 31.0 Å². The van der Waals surface area contributed by atoms with Crippen LogP contribution >= 0.6 is 0 Å². The number of carbonyl (C=O) groups excluding carboxylic acids is 2. The van der Waals surface area contributed by atoms with E-state index in [4.69, 9.17) is 0 Å². The van der Waals surface area contributed by atoms with Gasteiger partial charge in [0.25, 0.3) is 0 Å². The highest BCUT2D eigenvalue weighted by Crippen LogP contribution is 2.25. The van der Waals surface area contributed by atoms with Crippen molar-refractivity contribution in [2.24, 2.45) is 13.0 Å². The molecule has 1 aliphatic heterocycles. The Labute approximate surface area is 142 Å². The summed E-state index contributed by atoms with van der Waals surface area (Å²) in [6.45, 7) is 5.59. The number of likely N-dealkylation sites (tertiary alicyclic amines) is 1. The van der Waals surface area contributed by atoms with E-state index in [9.17, 15) is 9.59 Å². The predicted octanol–water partition coefficient (Wildman–Crippen LogP) is 2.36. The molecule has 1 saturated heterocycles. The van der Waals surface area contributed by atoms with Crippen LogP contribution in [0.2, 0.25) is 0 Å². The minimum atomic E-state index is 0.0101. The quantitative estimate of drug-likeness (QED) is 0.941. The van der Waals surface area contributed by atoms with E-state index in [0.29, 0.717) is 19.6 Å². The lowest BCUT2D eigenvalue weighted by Gasteiger charge is -2.30. The van der Waals surface area contributed by atoms with Crippen LogP contribution < -0.4 is 5.32 Å². The van der Waals surface area contributed by atoms with Crippen molar-refractivity contribution in [1.29, 1.82) is 0 Å². The summed E-state index contributed by atoms with van der Waals surface area (Å²) in [4.78, 5) is 25.7. The van der Waals surface area contributed by atoms with Crippen LogP contribution in [0.5, 0.6) is 0 Å². The smallest absolute Gasteiger partial charge is 0.223 e. The van der Waals surface area contributed by atoms with Crippen molar-refractivity contribution < 1.29 is 9.59 Å². The van der Waals surface area contributed by atoms with E-state index in [1.165, 1.54) is 22.2 Å². The van der Waals surface area contributed by atoms with Crippen molar-refractivity contribution in [3.63, 3.8) is 0 Å². The molecule has 0 aliphatic carbocycles. The van der Waals surface area contributed by atoms with Gasteiger partial charge in [0, 0.05) is 56.1 Å². The molecular formula is C19H25N3O2. The Morgan fingerprint density at radius 2 is 1.88 bits per heavy atom. The van der Waals surface area contributed by atoms with Gasteiger partial charge in [0.2, 0.25) is 11.8 Å². The Balaban J connectivity index is 1.65. The van der Waals surface area contributed by atoms with Crippen LogP contribution in [0.3, 0.4) is 0 Å². The molecular weight excluding hydrogens is 302 g/mol. The van der Waals surface area contributed by atoms with Gasteiger partial charge in [0.05, 0.1) is 0 Å². The van der Waals surface area contributed by atoms with Gasteiger partial charge >= 0.3 is 0 Å². The topological polar surface area (TPSA) is 54.3 Å². The van der Waals surface area contributed by atoms with Gasteiger partial charge in [-0.25, -0.2) is 0 Å². The summed E-state index contributed by atoms with van der Waals surface area (Å²) >= 11 is 0. The van der Waals surface area contributed by atoms with Crippen LogP contribution in [0.25, 0.3) is 10.9 Å². The number of para-hydroxylation sites is 1. The van der Waals surface area contributed by atoms with Crippen molar-refractivity contribution in [2.75, 3.05) is 13.1 Å². The van der Waals surface area contributed by atoms with Crippen LogP contribution in [-0.4, -0.2) is 34.4 Å². The maximum Gasteiger partial charge on any atom is 0.223 e. The van der Waals surface area contributed by atoms with Crippen LogP contribution in [0.4, 0.5) is 0 Å². The highest BCUT2D eigenvalue weighted by molar-refractivity contribution is 5.86. The van der Waals surface area contributed by atoms with E-state index in [-0.39, 0.29) is 17.7 Å². The third-order valence-corrected chi connectivity index (χ3v) is 5.28. The zero-order valence-corrected chi connectivity index (χ0v) is 14.6. The Morgan fingerprint density at radius 1 is 1.21 bits per heavy atom. The number of aromatic nitrogens is 1. The van der Waals surface area contributed by atoms with E-state index < -0.39 is 0 Å². The molecule has 5 heteroatoms. The first-order valence-electron chi connectivity index (χ1n) is 8.55. The number of fused-ring (bicyclic) bond motifs is 1. The summed E-state index contributed by atoms with van der Waals surface area (Å²) < 4.78 is 2.17. The summed E-state index contributed by atoms with van der Waals surface area (Å²) in [6, 6.07) is 8.28. The molecule has 0 radical (unpaired) electrons. The monoisotopic (exact) mass is 327 g/mol. The largest absolute Gasteiger partial charge is 0.352 e. The van der Waals surface area contributed by atoms with Gasteiger partial charge < -0.3 is 14.8 Å². The molecule has 3 rings (SSSR count). The molecule has 1 fully saturated rings. The molecule has 0 saturated carbocycles. The van der Waals surface area contributed by atoms with E-state index >= 15 is 0 Å². The Kier molecular flexibility index (Phi) is 4.60. The van der Waals surface area contributed by atoms with Crippen molar-refractivity contribution in [3.8, 4) is 0 Å². The number of amides is 2. The summed E-state index contributed by atoms with van der Waals surface area (Å²) in [7, 11) is 2.06. The minimum absolute atomic E-state index is 0.0101. The van der Waals surface area contributed by atoms with Gasteiger partial charge in [-0.05, 0) is 31.4 Å². The number of benzene rings is 1. The standard InChI is InChI=1S/C19H25N3O2/c1-13-17(16-6-4-5-7-18(16)21(13)3)12-20-19(24)15-8-10-22(11-9-15)14(2)23/h4-7,15H,8-12H2,1-3H3,(H,20,24). The molecule has 5 nitrogen and oxygen atoms in total. The first-order chi connectivity index (χ1) is 11.5. The fourth-order valence-electron chi connectivity index (χ4n) is 3.60. The van der Waals surface area contributed by atoms with E-state index in [0.717, 1.165) is 12.8 Å². The highest BCUT2D eigenvalue weighted by Gasteiger charge is 2.26. The molecule has 1 aromatic heterocycles. The van der Waals surface area contributed by atoms with E-state index in [2.05, 4.69) is 36.0 Å². The average Bonchev–Trinajstić information content (AvgIpc) is 2.84. The first-order valence-corrected chi connectivity index (χ1v) is 8.55. The lowest BCUT2D eigenvalue weighted by Crippen LogP contribution is -2.42. The molecule has 0 atom stereocenters. The fraction of sp³-hybridized carbons (Fsp3) is 0.474. The number of nitrogens with zero attached hydrogens (tertiary/aromatic N) is 2. The van der Waals surface area contributed by atoms with Crippen molar-refractivity contribution in [2.45, 2.75) is 33.2 Å². The summed E-state index contributed by atoms with van der Waals surface area (Å²) in [5.74, 6) is 0.210. The maximum atomic E-state index is 12.5. The van der Waals surface area contributed by atoms with Crippen LogP contribution in [0.15, 0.2) is 24.3 Å². The first kappa shape index (κ1) is 16.6. The van der Waals surface area contributed by atoms with Gasteiger partial charge in [-0.1, -0.05) is 18.2 Å². The number of piperidine rings is 1. The van der Waals surface area contributed by atoms with Crippen molar-refractivity contribution in [3.05, 3.63) is 35.5 Å². The Morgan fingerprint density at radius 3 is 2.54 bits per heavy atom. The number of aryl methyl sites for hydroxylation is 1. The Hall–Kier alpha value is -2.30. The summed E-state index contributed by atoms with van der Waals surface area (Å²) in [5, 5.41) is 4.30. The van der Waals surface area contributed by atoms with E-state index in [1.54, 1.807) is 6.92 Å². The van der Waals surface area contributed by atoms with Crippen molar-refractivity contribution >= 4 is 22.7 Å². The lowest BCUT2D eigenvalue weighted by molar-refractivity contribution is -0.134. The number of carbonyl (C=O) groups is 2. The highest BCUT2D eigenvalue weighted by atomic mass is 16.2. The average molecular weight is 327 g/mol. The molecule has 0 unspecified atom stereocenters. The number of hydrogen-bond acceptors (Lipinski definition) is 2. The third kappa shape index (κ3) is 3.03. The lowest BCUT2D eigenvalue weighted by atomic mass is 9.95. The zero-order chi connectivity index (χ0) is 17.3. The second-order valence-corrected chi connectivity index (χ2v) is 6.64. The third-order valence-electron chi connectivity index (χ3n) is 5.28. The van der Waals surface area contributed by atoms with E-state index in [1.807, 2.05) is 17.0 Å². The number of hydrogen-bond donors (Lipinski definition) is 1. The molecule has 128 valence electrons. The normalized spacial score (nSPS) is 15.7. The summed E-state index contributed by atoms with van der Waals surface area (Å²) in [6.07, 6.45) is 1.50. The number of rotatable bonds is 3. The van der Waals surface area contributed by atoms with Crippen molar-refractivity contribution in [1.82, 2.24) is 14.8 Å².